The Kier molecular flexibility index (Phi) is 6.00. The Balaban J connectivity index is 2.95. The molecule has 20 heavy (non-hydrogen) atoms. The van der Waals surface area contributed by atoms with Crippen LogP contribution >= 0.6 is 0 Å². The first-order valence-electron chi connectivity index (χ1n) is 7.67. The highest BCUT2D eigenvalue weighted by atomic mass is 15.0. The van der Waals surface area contributed by atoms with Crippen LogP contribution in [0.1, 0.15) is 59.7 Å². The van der Waals surface area contributed by atoms with Gasteiger partial charge in [-0.2, -0.15) is 0 Å². The lowest BCUT2D eigenvalue weighted by molar-refractivity contribution is 0.561. The van der Waals surface area contributed by atoms with E-state index in [2.05, 4.69) is 71.2 Å². The summed E-state index contributed by atoms with van der Waals surface area (Å²) in [6, 6.07) is 4.87. The van der Waals surface area contributed by atoms with Crippen LogP contribution in [0.5, 0.6) is 0 Å². The van der Waals surface area contributed by atoms with Crippen molar-refractivity contribution in [2.75, 3.05) is 11.9 Å². The minimum Gasteiger partial charge on any atom is -0.370 e. The van der Waals surface area contributed by atoms with Crippen LogP contribution < -0.4 is 10.6 Å². The molecule has 0 saturated heterocycles. The lowest BCUT2D eigenvalue weighted by atomic mass is 9.90. The van der Waals surface area contributed by atoms with E-state index in [1.54, 1.807) is 0 Å². The van der Waals surface area contributed by atoms with E-state index in [9.17, 15) is 0 Å². The number of pyridine rings is 1. The van der Waals surface area contributed by atoms with E-state index >= 15 is 0 Å². The molecule has 114 valence electrons. The average Bonchev–Trinajstić information content (AvgIpc) is 2.32. The Morgan fingerprint density at radius 2 is 1.75 bits per heavy atom. The second-order valence-electron chi connectivity index (χ2n) is 7.31. The van der Waals surface area contributed by atoms with Crippen LogP contribution in [0.4, 0.5) is 5.82 Å². The first kappa shape index (κ1) is 17.0. The Labute approximate surface area is 124 Å². The summed E-state index contributed by atoms with van der Waals surface area (Å²) >= 11 is 0. The van der Waals surface area contributed by atoms with Crippen molar-refractivity contribution in [1.82, 2.24) is 10.3 Å². The van der Waals surface area contributed by atoms with Gasteiger partial charge >= 0.3 is 0 Å². The molecular weight excluding hydrogens is 246 g/mol. The zero-order valence-corrected chi connectivity index (χ0v) is 14.2. The maximum atomic E-state index is 4.76. The topological polar surface area (TPSA) is 37.0 Å². The smallest absolute Gasteiger partial charge is 0.126 e. The van der Waals surface area contributed by atoms with Gasteiger partial charge in [0, 0.05) is 30.2 Å². The molecule has 1 aromatic heterocycles. The van der Waals surface area contributed by atoms with Crippen molar-refractivity contribution in [1.29, 1.82) is 0 Å². The normalized spacial score (nSPS) is 12.2. The lowest BCUT2D eigenvalue weighted by Crippen LogP contribution is -2.23. The van der Waals surface area contributed by atoms with Crippen LogP contribution in [-0.2, 0) is 12.0 Å². The molecule has 3 nitrogen and oxygen atoms in total. The van der Waals surface area contributed by atoms with Crippen LogP contribution in [-0.4, -0.2) is 17.6 Å². The van der Waals surface area contributed by atoms with Crippen LogP contribution in [0.25, 0.3) is 0 Å². The predicted octanol–water partition coefficient (Wildman–Crippen LogP) is 3.95. The quantitative estimate of drug-likeness (QED) is 0.827. The third kappa shape index (κ3) is 5.91. The van der Waals surface area contributed by atoms with Crippen molar-refractivity contribution < 1.29 is 0 Å². The molecule has 0 radical (unpaired) electrons. The molecule has 0 amide bonds. The van der Waals surface area contributed by atoms with Gasteiger partial charge in [0.2, 0.25) is 0 Å². The highest BCUT2D eigenvalue weighted by Crippen LogP contribution is 2.23. The number of nitrogens with zero attached hydrogens (tertiary/aromatic N) is 1. The molecule has 0 aromatic carbocycles. The van der Waals surface area contributed by atoms with Crippen molar-refractivity contribution in [3.63, 3.8) is 0 Å². The van der Waals surface area contributed by atoms with Crippen molar-refractivity contribution >= 4 is 5.82 Å². The molecular formula is C17H31N3. The van der Waals surface area contributed by atoms with Gasteiger partial charge < -0.3 is 10.6 Å². The molecule has 0 bridgehead atoms. The van der Waals surface area contributed by atoms with E-state index in [-0.39, 0.29) is 5.41 Å². The summed E-state index contributed by atoms with van der Waals surface area (Å²) in [4.78, 5) is 4.76. The summed E-state index contributed by atoms with van der Waals surface area (Å²) in [5, 5.41) is 6.92. The molecule has 0 spiro atoms. The summed E-state index contributed by atoms with van der Waals surface area (Å²) in [5.74, 6) is 1.61. The Hall–Kier alpha value is -1.09. The number of aromatic nitrogens is 1. The van der Waals surface area contributed by atoms with Gasteiger partial charge in [-0.05, 0) is 23.6 Å². The molecule has 0 unspecified atom stereocenters. The maximum Gasteiger partial charge on any atom is 0.126 e. The summed E-state index contributed by atoms with van der Waals surface area (Å²) in [7, 11) is 0. The number of hydrogen-bond acceptors (Lipinski definition) is 3. The molecule has 0 fully saturated rings. The summed E-state index contributed by atoms with van der Waals surface area (Å²) in [6.45, 7) is 17.2. The second kappa shape index (κ2) is 7.07. The minimum atomic E-state index is 0.0715. The monoisotopic (exact) mass is 277 g/mol. The summed E-state index contributed by atoms with van der Waals surface area (Å²) in [5.41, 5.74) is 2.51. The first-order valence-corrected chi connectivity index (χ1v) is 7.67. The van der Waals surface area contributed by atoms with Crippen LogP contribution in [0.3, 0.4) is 0 Å². The predicted molar refractivity (Wildman–Crippen MR) is 88.2 cm³/mol. The van der Waals surface area contributed by atoms with Gasteiger partial charge in [-0.15, -0.1) is 0 Å². The van der Waals surface area contributed by atoms with Gasteiger partial charge in [-0.1, -0.05) is 48.5 Å². The van der Waals surface area contributed by atoms with Crippen LogP contribution in [0, 0.1) is 5.92 Å². The van der Waals surface area contributed by atoms with E-state index in [0.29, 0.717) is 12.0 Å². The van der Waals surface area contributed by atoms with Gasteiger partial charge in [0.1, 0.15) is 5.82 Å². The minimum absolute atomic E-state index is 0.0715. The van der Waals surface area contributed by atoms with Gasteiger partial charge in [0.05, 0.1) is 0 Å². The maximum absolute atomic E-state index is 4.76. The average molecular weight is 277 g/mol. The zero-order chi connectivity index (χ0) is 15.3. The molecule has 1 aromatic rings. The molecule has 1 rings (SSSR count). The third-order valence-electron chi connectivity index (χ3n) is 3.06. The van der Waals surface area contributed by atoms with E-state index in [0.717, 1.165) is 24.6 Å². The van der Waals surface area contributed by atoms with Crippen LogP contribution in [0.2, 0.25) is 0 Å². The van der Waals surface area contributed by atoms with Crippen molar-refractivity contribution in [3.05, 3.63) is 23.4 Å². The zero-order valence-electron chi connectivity index (χ0n) is 14.2. The fourth-order valence-corrected chi connectivity index (χ4v) is 1.79. The van der Waals surface area contributed by atoms with Crippen molar-refractivity contribution in [2.45, 2.75) is 66.5 Å². The molecule has 2 N–H and O–H groups in total. The molecule has 1 heterocycles. The molecule has 0 aliphatic carbocycles. The van der Waals surface area contributed by atoms with Crippen LogP contribution in [0.15, 0.2) is 12.1 Å². The highest BCUT2D eigenvalue weighted by molar-refractivity contribution is 5.41. The van der Waals surface area contributed by atoms with Gasteiger partial charge in [-0.25, -0.2) is 4.98 Å². The molecule has 0 atom stereocenters. The number of hydrogen-bond donors (Lipinski definition) is 2. The molecule has 0 aliphatic rings. The van der Waals surface area contributed by atoms with E-state index in [1.165, 1.54) is 5.56 Å². The standard InChI is InChI=1S/C17H31N3/c1-12(2)10-19-16-9-14(11-18-13(3)4)8-15(20-16)17(5,6)7/h8-9,12-13,18H,10-11H2,1-7H3,(H,19,20). The number of anilines is 1. The van der Waals surface area contributed by atoms with Gasteiger partial charge in [0.15, 0.2) is 0 Å². The Morgan fingerprint density at radius 1 is 1.10 bits per heavy atom. The second-order valence-corrected chi connectivity index (χ2v) is 7.31. The Morgan fingerprint density at radius 3 is 2.25 bits per heavy atom. The largest absolute Gasteiger partial charge is 0.370 e. The van der Waals surface area contributed by atoms with Crippen molar-refractivity contribution in [3.8, 4) is 0 Å². The Bertz CT molecular complexity index is 386. The summed E-state index contributed by atoms with van der Waals surface area (Å²) < 4.78 is 0. The number of nitrogens with one attached hydrogen (secondary N) is 2. The molecule has 0 saturated carbocycles. The molecule has 3 heteroatoms. The number of rotatable bonds is 6. The fraction of sp³-hybridized carbons (Fsp3) is 0.706. The van der Waals surface area contributed by atoms with E-state index in [4.69, 9.17) is 4.98 Å². The van der Waals surface area contributed by atoms with Crippen molar-refractivity contribution in [2.24, 2.45) is 5.92 Å². The SMILES string of the molecule is CC(C)CNc1cc(CNC(C)C)cc(C(C)(C)C)n1. The van der Waals surface area contributed by atoms with E-state index < -0.39 is 0 Å². The third-order valence-corrected chi connectivity index (χ3v) is 3.06. The lowest BCUT2D eigenvalue weighted by Gasteiger charge is -2.21. The van der Waals surface area contributed by atoms with E-state index in [1.807, 2.05) is 0 Å². The van der Waals surface area contributed by atoms with Gasteiger partial charge in [-0.3, -0.25) is 0 Å². The summed E-state index contributed by atoms with van der Waals surface area (Å²) in [6.07, 6.45) is 0. The fourth-order valence-electron chi connectivity index (χ4n) is 1.79. The van der Waals surface area contributed by atoms with Gasteiger partial charge in [0.25, 0.3) is 0 Å². The highest BCUT2D eigenvalue weighted by Gasteiger charge is 2.17. The molecule has 0 aliphatic heterocycles. The first-order chi connectivity index (χ1) is 9.18.